The van der Waals surface area contributed by atoms with E-state index >= 15 is 0 Å². The van der Waals surface area contributed by atoms with Gasteiger partial charge in [-0.15, -0.1) is 0 Å². The minimum Gasteiger partial charge on any atom is -0.389 e. The number of fused-ring (bicyclic) bond motifs is 1. The molecule has 0 bridgehead atoms. The Bertz CT molecular complexity index is 777. The fourth-order valence-corrected chi connectivity index (χ4v) is 2.36. The molecule has 102 valence electrons. The summed E-state index contributed by atoms with van der Waals surface area (Å²) in [5.74, 6) is -0.318. The number of hydrogen-bond donors (Lipinski definition) is 1. The lowest BCUT2D eigenvalue weighted by Crippen LogP contribution is -2.06. The van der Waals surface area contributed by atoms with Crippen LogP contribution in [0.25, 0.3) is 16.6 Å². The first kappa shape index (κ1) is 12.8. The first-order valence-electron chi connectivity index (χ1n) is 6.49. The number of nitrogens with zero attached hydrogens (tertiary/aromatic N) is 2. The van der Waals surface area contributed by atoms with Crippen molar-refractivity contribution in [2.45, 2.75) is 20.0 Å². The standard InChI is InChI=1S/C16H15FN2O/c1-10-7-16(13(11(2)20)8-14(10)17)19-15-6-4-3-5-12(15)9-18-19/h3-9,11,20H,1-2H3. The highest BCUT2D eigenvalue weighted by molar-refractivity contribution is 5.80. The van der Waals surface area contributed by atoms with E-state index in [9.17, 15) is 9.50 Å². The molecule has 0 aliphatic heterocycles. The van der Waals surface area contributed by atoms with E-state index in [4.69, 9.17) is 0 Å². The molecule has 0 radical (unpaired) electrons. The Morgan fingerprint density at radius 2 is 2.00 bits per heavy atom. The number of rotatable bonds is 2. The Morgan fingerprint density at radius 3 is 2.75 bits per heavy atom. The maximum absolute atomic E-state index is 13.7. The number of halogens is 1. The molecule has 0 saturated carbocycles. The molecule has 3 rings (SSSR count). The van der Waals surface area contributed by atoms with Gasteiger partial charge >= 0.3 is 0 Å². The molecule has 0 fully saturated rings. The highest BCUT2D eigenvalue weighted by atomic mass is 19.1. The molecule has 0 saturated heterocycles. The molecule has 3 nitrogen and oxygen atoms in total. The zero-order valence-electron chi connectivity index (χ0n) is 11.3. The van der Waals surface area contributed by atoms with Crippen LogP contribution in [0.5, 0.6) is 0 Å². The summed E-state index contributed by atoms with van der Waals surface area (Å²) in [4.78, 5) is 0. The van der Waals surface area contributed by atoms with Gasteiger partial charge in [-0.1, -0.05) is 18.2 Å². The number of hydrogen-bond acceptors (Lipinski definition) is 2. The first-order valence-corrected chi connectivity index (χ1v) is 6.49. The van der Waals surface area contributed by atoms with Crippen molar-refractivity contribution in [2.24, 2.45) is 0 Å². The van der Waals surface area contributed by atoms with E-state index in [0.29, 0.717) is 16.8 Å². The molecular formula is C16H15FN2O. The van der Waals surface area contributed by atoms with Crippen LogP contribution in [0.4, 0.5) is 4.39 Å². The third-order valence-corrected chi connectivity index (χ3v) is 3.46. The zero-order chi connectivity index (χ0) is 14.3. The number of aliphatic hydroxyl groups excluding tert-OH is 1. The van der Waals surface area contributed by atoms with Crippen molar-refractivity contribution >= 4 is 10.9 Å². The molecule has 20 heavy (non-hydrogen) atoms. The van der Waals surface area contributed by atoms with Crippen molar-refractivity contribution in [3.63, 3.8) is 0 Å². The van der Waals surface area contributed by atoms with E-state index in [2.05, 4.69) is 5.10 Å². The fraction of sp³-hybridized carbons (Fsp3) is 0.188. The maximum Gasteiger partial charge on any atom is 0.126 e. The topological polar surface area (TPSA) is 38.0 Å². The van der Waals surface area contributed by atoms with E-state index < -0.39 is 6.10 Å². The van der Waals surface area contributed by atoms with Gasteiger partial charge in [0.15, 0.2) is 0 Å². The molecule has 0 aliphatic carbocycles. The lowest BCUT2D eigenvalue weighted by atomic mass is 10.0. The molecule has 0 aliphatic rings. The van der Waals surface area contributed by atoms with Crippen LogP contribution in [0.2, 0.25) is 0 Å². The second kappa shape index (κ2) is 4.72. The first-order chi connectivity index (χ1) is 9.58. The largest absolute Gasteiger partial charge is 0.389 e. The van der Waals surface area contributed by atoms with Crippen LogP contribution in [0.3, 0.4) is 0 Å². The molecule has 1 atom stereocenters. The monoisotopic (exact) mass is 270 g/mol. The summed E-state index contributed by atoms with van der Waals surface area (Å²) in [7, 11) is 0. The zero-order valence-corrected chi connectivity index (χ0v) is 11.3. The highest BCUT2D eigenvalue weighted by Crippen LogP contribution is 2.27. The summed E-state index contributed by atoms with van der Waals surface area (Å²) in [5, 5.41) is 15.3. The van der Waals surface area contributed by atoms with Crippen molar-refractivity contribution in [2.75, 3.05) is 0 Å². The summed E-state index contributed by atoms with van der Waals surface area (Å²) in [6, 6.07) is 10.9. The van der Waals surface area contributed by atoms with Crippen LogP contribution >= 0.6 is 0 Å². The molecule has 2 aromatic carbocycles. The average molecular weight is 270 g/mol. The molecule has 1 unspecified atom stereocenters. The van der Waals surface area contributed by atoms with Gasteiger partial charge in [-0.2, -0.15) is 5.10 Å². The van der Waals surface area contributed by atoms with Gasteiger partial charge in [0.05, 0.1) is 23.5 Å². The van der Waals surface area contributed by atoms with Crippen LogP contribution in [-0.4, -0.2) is 14.9 Å². The predicted molar refractivity (Wildman–Crippen MR) is 76.4 cm³/mol. The Labute approximate surface area is 116 Å². The highest BCUT2D eigenvalue weighted by Gasteiger charge is 2.15. The van der Waals surface area contributed by atoms with E-state index in [1.807, 2.05) is 24.3 Å². The summed E-state index contributed by atoms with van der Waals surface area (Å²) < 4.78 is 15.5. The quantitative estimate of drug-likeness (QED) is 0.773. The van der Waals surface area contributed by atoms with Crippen LogP contribution in [0, 0.1) is 12.7 Å². The number of benzene rings is 2. The van der Waals surface area contributed by atoms with Gasteiger partial charge in [0.1, 0.15) is 5.82 Å². The molecule has 4 heteroatoms. The summed E-state index contributed by atoms with van der Waals surface area (Å²) in [6.07, 6.45) is 1.00. The molecule has 1 heterocycles. The van der Waals surface area contributed by atoms with E-state index in [0.717, 1.165) is 10.9 Å². The van der Waals surface area contributed by atoms with Gasteiger partial charge in [-0.3, -0.25) is 0 Å². The smallest absolute Gasteiger partial charge is 0.126 e. The van der Waals surface area contributed by atoms with Crippen molar-refractivity contribution < 1.29 is 9.50 Å². The van der Waals surface area contributed by atoms with Gasteiger partial charge in [0.25, 0.3) is 0 Å². The van der Waals surface area contributed by atoms with Crippen molar-refractivity contribution in [3.8, 4) is 5.69 Å². The summed E-state index contributed by atoms with van der Waals surface area (Å²) in [6.45, 7) is 3.33. The molecule has 0 spiro atoms. The summed E-state index contributed by atoms with van der Waals surface area (Å²) in [5.41, 5.74) is 2.70. The second-order valence-corrected chi connectivity index (χ2v) is 4.95. The Kier molecular flexibility index (Phi) is 3.03. The van der Waals surface area contributed by atoms with Gasteiger partial charge < -0.3 is 5.11 Å². The fourth-order valence-electron chi connectivity index (χ4n) is 2.36. The lowest BCUT2D eigenvalue weighted by molar-refractivity contribution is 0.198. The van der Waals surface area contributed by atoms with Gasteiger partial charge in [-0.25, -0.2) is 9.07 Å². The van der Waals surface area contributed by atoms with Crippen LogP contribution in [0.15, 0.2) is 42.6 Å². The molecule has 3 aromatic rings. The van der Waals surface area contributed by atoms with Crippen molar-refractivity contribution in [3.05, 3.63) is 59.5 Å². The second-order valence-electron chi connectivity index (χ2n) is 4.95. The number of aryl methyl sites for hydroxylation is 1. The van der Waals surface area contributed by atoms with Gasteiger partial charge in [0, 0.05) is 10.9 Å². The molecule has 1 aromatic heterocycles. The normalized spacial score (nSPS) is 12.8. The molecule has 1 N–H and O–H groups in total. The van der Waals surface area contributed by atoms with Gasteiger partial charge in [0.2, 0.25) is 0 Å². The van der Waals surface area contributed by atoms with Gasteiger partial charge in [-0.05, 0) is 37.6 Å². The van der Waals surface area contributed by atoms with Crippen LogP contribution < -0.4 is 0 Å². The SMILES string of the molecule is Cc1cc(-n2ncc3ccccc32)c(C(C)O)cc1F. The predicted octanol–water partition coefficient (Wildman–Crippen LogP) is 3.53. The Balaban J connectivity index is 2.31. The van der Waals surface area contributed by atoms with Crippen molar-refractivity contribution in [1.82, 2.24) is 9.78 Å². The third kappa shape index (κ3) is 1.98. The molecule has 0 amide bonds. The summed E-state index contributed by atoms with van der Waals surface area (Å²) >= 11 is 0. The van der Waals surface area contributed by atoms with E-state index in [1.54, 1.807) is 30.8 Å². The van der Waals surface area contributed by atoms with E-state index in [1.165, 1.54) is 6.07 Å². The minimum atomic E-state index is -0.761. The third-order valence-electron chi connectivity index (χ3n) is 3.46. The maximum atomic E-state index is 13.7. The Morgan fingerprint density at radius 1 is 1.25 bits per heavy atom. The lowest BCUT2D eigenvalue weighted by Gasteiger charge is -2.14. The number of aliphatic hydroxyl groups is 1. The number of aromatic nitrogens is 2. The van der Waals surface area contributed by atoms with E-state index in [-0.39, 0.29) is 5.82 Å². The molecular weight excluding hydrogens is 255 g/mol. The number of para-hydroxylation sites is 1. The minimum absolute atomic E-state index is 0.318. The van der Waals surface area contributed by atoms with Crippen LogP contribution in [-0.2, 0) is 0 Å². The van der Waals surface area contributed by atoms with Crippen molar-refractivity contribution in [1.29, 1.82) is 0 Å². The Hall–Kier alpha value is -2.20. The van der Waals surface area contributed by atoms with Crippen LogP contribution in [0.1, 0.15) is 24.2 Å². The average Bonchev–Trinajstić information content (AvgIpc) is 2.85.